The lowest BCUT2D eigenvalue weighted by atomic mass is 10.1. The van der Waals surface area contributed by atoms with Crippen LogP contribution in [0, 0.1) is 0 Å². The number of hydrogen-bond acceptors (Lipinski definition) is 3. The molecular formula is C12H18N4. The quantitative estimate of drug-likeness (QED) is 0.839. The van der Waals surface area contributed by atoms with Crippen LogP contribution in [0.2, 0.25) is 0 Å². The van der Waals surface area contributed by atoms with E-state index in [0.29, 0.717) is 6.04 Å². The Kier molecular flexibility index (Phi) is 3.39. The summed E-state index contributed by atoms with van der Waals surface area (Å²) in [7, 11) is 0. The number of unbranched alkanes of at least 4 members (excludes halogenated alkanes) is 1. The minimum Gasteiger partial charge on any atom is -0.350 e. The van der Waals surface area contributed by atoms with Crippen molar-refractivity contribution in [1.29, 1.82) is 0 Å². The van der Waals surface area contributed by atoms with Crippen molar-refractivity contribution in [3.05, 3.63) is 24.4 Å². The van der Waals surface area contributed by atoms with E-state index in [2.05, 4.69) is 29.2 Å². The van der Waals surface area contributed by atoms with Crippen molar-refractivity contribution in [2.75, 3.05) is 5.32 Å². The summed E-state index contributed by atoms with van der Waals surface area (Å²) >= 11 is 0. The molecule has 2 aromatic heterocycles. The Morgan fingerprint density at radius 1 is 1.44 bits per heavy atom. The molecule has 0 aromatic carbocycles. The number of nitrogens with zero attached hydrogens (tertiary/aromatic N) is 3. The molecular weight excluding hydrogens is 200 g/mol. The smallest absolute Gasteiger partial charge is 0.243 e. The number of rotatable bonds is 5. The number of anilines is 1. The normalized spacial score (nSPS) is 12.9. The molecule has 1 atom stereocenters. The summed E-state index contributed by atoms with van der Waals surface area (Å²) in [4.78, 5) is 4.40. The summed E-state index contributed by atoms with van der Waals surface area (Å²) in [5.74, 6) is 0.717. The SMILES string of the molecule is CCCCC(C)Nc1nc2ccccn2n1. The van der Waals surface area contributed by atoms with E-state index >= 15 is 0 Å². The van der Waals surface area contributed by atoms with Crippen molar-refractivity contribution in [3.8, 4) is 0 Å². The third-order valence-electron chi connectivity index (χ3n) is 2.61. The van der Waals surface area contributed by atoms with Gasteiger partial charge in [-0.05, 0) is 25.5 Å². The zero-order valence-electron chi connectivity index (χ0n) is 9.85. The largest absolute Gasteiger partial charge is 0.350 e. The maximum Gasteiger partial charge on any atom is 0.243 e. The van der Waals surface area contributed by atoms with Crippen molar-refractivity contribution in [2.24, 2.45) is 0 Å². The molecule has 1 N–H and O–H groups in total. The van der Waals surface area contributed by atoms with Crippen LogP contribution in [0.5, 0.6) is 0 Å². The van der Waals surface area contributed by atoms with Crippen LogP contribution >= 0.6 is 0 Å². The van der Waals surface area contributed by atoms with Crippen LogP contribution in [-0.4, -0.2) is 20.6 Å². The standard InChI is InChI=1S/C12H18N4/c1-3-4-7-10(2)13-12-14-11-8-5-6-9-16(11)15-12/h5-6,8-10H,3-4,7H2,1-2H3,(H,13,15). The van der Waals surface area contributed by atoms with Gasteiger partial charge >= 0.3 is 0 Å². The molecule has 0 aliphatic carbocycles. The summed E-state index contributed by atoms with van der Waals surface area (Å²) in [6, 6.07) is 6.30. The molecule has 2 rings (SSSR count). The van der Waals surface area contributed by atoms with E-state index in [-0.39, 0.29) is 0 Å². The Hall–Kier alpha value is -1.58. The predicted molar refractivity (Wildman–Crippen MR) is 65.6 cm³/mol. The highest BCUT2D eigenvalue weighted by Gasteiger charge is 2.06. The highest BCUT2D eigenvalue weighted by molar-refractivity contribution is 5.43. The van der Waals surface area contributed by atoms with Gasteiger partial charge in [0, 0.05) is 12.2 Å². The van der Waals surface area contributed by atoms with Crippen molar-refractivity contribution >= 4 is 11.6 Å². The van der Waals surface area contributed by atoms with Gasteiger partial charge < -0.3 is 5.32 Å². The Morgan fingerprint density at radius 2 is 2.31 bits per heavy atom. The first-order chi connectivity index (χ1) is 7.79. The van der Waals surface area contributed by atoms with Gasteiger partial charge in [-0.15, -0.1) is 5.10 Å². The van der Waals surface area contributed by atoms with Gasteiger partial charge in [-0.1, -0.05) is 25.8 Å². The molecule has 0 amide bonds. The van der Waals surface area contributed by atoms with E-state index in [0.717, 1.165) is 18.0 Å². The molecule has 16 heavy (non-hydrogen) atoms. The first-order valence-corrected chi connectivity index (χ1v) is 5.87. The van der Waals surface area contributed by atoms with Gasteiger partial charge in [0.05, 0.1) is 0 Å². The second kappa shape index (κ2) is 4.96. The molecule has 0 fully saturated rings. The zero-order chi connectivity index (χ0) is 11.4. The van der Waals surface area contributed by atoms with Crippen LogP contribution in [0.1, 0.15) is 33.1 Å². The number of aromatic nitrogens is 3. The zero-order valence-corrected chi connectivity index (χ0v) is 9.85. The second-order valence-electron chi connectivity index (χ2n) is 4.13. The average Bonchev–Trinajstić information content (AvgIpc) is 2.68. The van der Waals surface area contributed by atoms with Crippen molar-refractivity contribution in [1.82, 2.24) is 14.6 Å². The molecule has 86 valence electrons. The molecule has 0 radical (unpaired) electrons. The van der Waals surface area contributed by atoms with E-state index < -0.39 is 0 Å². The van der Waals surface area contributed by atoms with Gasteiger partial charge in [0.1, 0.15) is 0 Å². The van der Waals surface area contributed by atoms with Gasteiger partial charge in [0.25, 0.3) is 0 Å². The monoisotopic (exact) mass is 218 g/mol. The summed E-state index contributed by atoms with van der Waals surface area (Å²) in [5, 5.41) is 7.68. The van der Waals surface area contributed by atoms with Crippen LogP contribution in [0.4, 0.5) is 5.95 Å². The fraction of sp³-hybridized carbons (Fsp3) is 0.500. The summed E-state index contributed by atoms with van der Waals surface area (Å²) in [6.45, 7) is 4.37. The topological polar surface area (TPSA) is 42.2 Å². The molecule has 0 bridgehead atoms. The molecule has 2 heterocycles. The molecule has 4 nitrogen and oxygen atoms in total. The van der Waals surface area contributed by atoms with E-state index in [9.17, 15) is 0 Å². The van der Waals surface area contributed by atoms with E-state index in [1.54, 1.807) is 4.52 Å². The maximum absolute atomic E-state index is 4.40. The highest BCUT2D eigenvalue weighted by Crippen LogP contribution is 2.08. The minimum atomic E-state index is 0.428. The molecule has 0 spiro atoms. The van der Waals surface area contributed by atoms with Gasteiger partial charge in [-0.3, -0.25) is 0 Å². The van der Waals surface area contributed by atoms with E-state index in [1.807, 2.05) is 24.4 Å². The maximum atomic E-state index is 4.40. The van der Waals surface area contributed by atoms with Crippen LogP contribution in [0.15, 0.2) is 24.4 Å². The van der Waals surface area contributed by atoms with Crippen LogP contribution < -0.4 is 5.32 Å². The van der Waals surface area contributed by atoms with Gasteiger partial charge in [-0.2, -0.15) is 4.98 Å². The first kappa shape index (κ1) is 10.9. The van der Waals surface area contributed by atoms with Crippen LogP contribution in [0.3, 0.4) is 0 Å². The van der Waals surface area contributed by atoms with Crippen molar-refractivity contribution < 1.29 is 0 Å². The van der Waals surface area contributed by atoms with Gasteiger partial charge in [0.15, 0.2) is 5.65 Å². The van der Waals surface area contributed by atoms with Crippen molar-refractivity contribution in [2.45, 2.75) is 39.2 Å². The minimum absolute atomic E-state index is 0.428. The predicted octanol–water partition coefficient (Wildman–Crippen LogP) is 2.72. The molecule has 0 saturated heterocycles. The fourth-order valence-corrected chi connectivity index (χ4v) is 1.70. The number of pyridine rings is 1. The Bertz CT molecular complexity index is 416. The second-order valence-corrected chi connectivity index (χ2v) is 4.13. The third-order valence-corrected chi connectivity index (χ3v) is 2.61. The van der Waals surface area contributed by atoms with Crippen LogP contribution in [-0.2, 0) is 0 Å². The molecule has 0 aliphatic heterocycles. The Morgan fingerprint density at radius 3 is 3.06 bits per heavy atom. The molecule has 0 saturated carbocycles. The van der Waals surface area contributed by atoms with Gasteiger partial charge in [0.2, 0.25) is 5.95 Å². The average molecular weight is 218 g/mol. The van der Waals surface area contributed by atoms with E-state index in [1.165, 1.54) is 12.8 Å². The lowest BCUT2D eigenvalue weighted by molar-refractivity contribution is 0.640. The van der Waals surface area contributed by atoms with Crippen LogP contribution in [0.25, 0.3) is 5.65 Å². The molecule has 0 aliphatic rings. The Labute approximate surface area is 95.7 Å². The summed E-state index contributed by atoms with van der Waals surface area (Å²) in [5.41, 5.74) is 0.882. The number of hydrogen-bond donors (Lipinski definition) is 1. The Balaban J connectivity index is 2.03. The fourth-order valence-electron chi connectivity index (χ4n) is 1.70. The number of fused-ring (bicyclic) bond motifs is 1. The lowest BCUT2D eigenvalue weighted by Gasteiger charge is -2.10. The lowest BCUT2D eigenvalue weighted by Crippen LogP contribution is -2.15. The van der Waals surface area contributed by atoms with Crippen molar-refractivity contribution in [3.63, 3.8) is 0 Å². The third kappa shape index (κ3) is 2.51. The molecule has 2 aromatic rings. The van der Waals surface area contributed by atoms with Gasteiger partial charge in [-0.25, -0.2) is 4.52 Å². The number of nitrogens with one attached hydrogen (secondary N) is 1. The molecule has 4 heteroatoms. The molecule has 1 unspecified atom stereocenters. The van der Waals surface area contributed by atoms with E-state index in [4.69, 9.17) is 0 Å². The summed E-state index contributed by atoms with van der Waals surface area (Å²) < 4.78 is 1.79. The first-order valence-electron chi connectivity index (χ1n) is 5.87. The summed E-state index contributed by atoms with van der Waals surface area (Å²) in [6.07, 6.45) is 5.53. The highest BCUT2D eigenvalue weighted by atomic mass is 15.3.